The second kappa shape index (κ2) is 10.1. The zero-order valence-electron chi connectivity index (χ0n) is 23.5. The Hall–Kier alpha value is -5.45. The Morgan fingerprint density at radius 1 is 1.00 bits per heavy atom. The molecule has 0 saturated carbocycles. The van der Waals surface area contributed by atoms with Crippen molar-refractivity contribution in [3.63, 3.8) is 0 Å². The second-order valence-electron chi connectivity index (χ2n) is 10.9. The Morgan fingerprint density at radius 3 is 2.48 bits per heavy atom. The molecule has 0 fully saturated rings. The molecule has 2 aliphatic carbocycles. The lowest BCUT2D eigenvalue weighted by molar-refractivity contribution is 0.0589. The number of hydrogen-bond acceptors (Lipinski definition) is 5. The Labute approximate surface area is 250 Å². The van der Waals surface area contributed by atoms with Crippen molar-refractivity contribution in [2.24, 2.45) is 0 Å². The van der Waals surface area contributed by atoms with Gasteiger partial charge in [0.25, 0.3) is 5.91 Å². The fourth-order valence-electron chi connectivity index (χ4n) is 6.76. The van der Waals surface area contributed by atoms with E-state index < -0.39 is 40.8 Å². The van der Waals surface area contributed by atoms with Crippen LogP contribution in [0.5, 0.6) is 5.75 Å². The number of nitrogens with one attached hydrogen (secondary N) is 1. The summed E-state index contributed by atoms with van der Waals surface area (Å²) >= 11 is 0. The molecule has 3 aliphatic rings. The molecule has 0 saturated heterocycles. The Kier molecular flexibility index (Phi) is 6.27. The van der Waals surface area contributed by atoms with E-state index in [0.29, 0.717) is 27.8 Å². The lowest BCUT2D eigenvalue weighted by Gasteiger charge is -2.53. The van der Waals surface area contributed by atoms with Crippen LogP contribution >= 0.6 is 0 Å². The summed E-state index contributed by atoms with van der Waals surface area (Å²) in [5.74, 6) is -1.70. The van der Waals surface area contributed by atoms with Crippen molar-refractivity contribution in [1.82, 2.24) is 14.9 Å². The highest BCUT2D eigenvalue weighted by molar-refractivity contribution is 5.97. The van der Waals surface area contributed by atoms with E-state index in [1.165, 1.54) is 41.0 Å². The molecule has 1 aliphatic heterocycles. The van der Waals surface area contributed by atoms with Crippen molar-refractivity contribution in [3.05, 3.63) is 140 Å². The number of carbonyl (C=O) groups excluding carboxylic acids is 1. The summed E-state index contributed by atoms with van der Waals surface area (Å²) in [5.41, 5.74) is 1.16. The summed E-state index contributed by atoms with van der Waals surface area (Å²) in [5, 5.41) is 13.7. The van der Waals surface area contributed by atoms with Gasteiger partial charge in [-0.05, 0) is 52.5 Å². The van der Waals surface area contributed by atoms with Crippen LogP contribution in [0.15, 0.2) is 89.4 Å². The quantitative estimate of drug-likeness (QED) is 0.346. The van der Waals surface area contributed by atoms with Gasteiger partial charge in [0.15, 0.2) is 11.4 Å². The number of hydrogen-bond donors (Lipinski definition) is 2. The Morgan fingerprint density at radius 2 is 1.73 bits per heavy atom. The van der Waals surface area contributed by atoms with Crippen LogP contribution in [0.2, 0.25) is 0 Å². The van der Waals surface area contributed by atoms with Crippen LogP contribution in [-0.2, 0) is 18.6 Å². The summed E-state index contributed by atoms with van der Waals surface area (Å²) in [6, 6.07) is 19.7. The van der Waals surface area contributed by atoms with Gasteiger partial charge >= 0.3 is 6.09 Å². The van der Waals surface area contributed by atoms with Gasteiger partial charge < -0.3 is 20.1 Å². The SMILES string of the molecule is CN1C(=O)c2c(OCc3ccccc3)c(=O)ccn2N(C23C(=Cc4c(F)cccc42)Cc2c(F)cccc23)C1CNC(=O)O. The van der Waals surface area contributed by atoms with Crippen molar-refractivity contribution in [3.8, 4) is 5.75 Å². The van der Waals surface area contributed by atoms with E-state index in [1.54, 1.807) is 35.4 Å². The van der Waals surface area contributed by atoms with Crippen LogP contribution in [0.25, 0.3) is 6.08 Å². The highest BCUT2D eigenvalue weighted by Crippen LogP contribution is 2.57. The van der Waals surface area contributed by atoms with Gasteiger partial charge in [-0.2, -0.15) is 0 Å². The number of nitrogens with zero attached hydrogens (tertiary/aromatic N) is 3. The molecule has 9 nitrogen and oxygen atoms in total. The number of benzene rings is 3. The zero-order valence-corrected chi connectivity index (χ0v) is 23.5. The number of aromatic nitrogens is 1. The Balaban J connectivity index is 1.51. The van der Waals surface area contributed by atoms with E-state index in [-0.39, 0.29) is 31.0 Å². The van der Waals surface area contributed by atoms with Gasteiger partial charge in [-0.15, -0.1) is 0 Å². The fraction of sp³-hybridized carbons (Fsp3) is 0.182. The molecule has 2 atom stereocenters. The van der Waals surface area contributed by atoms with E-state index >= 15 is 8.78 Å². The molecule has 2 amide bonds. The number of fused-ring (bicyclic) bond motifs is 6. The molecule has 0 bridgehead atoms. The first-order chi connectivity index (χ1) is 21.2. The third kappa shape index (κ3) is 3.85. The van der Waals surface area contributed by atoms with Gasteiger partial charge in [0.05, 0.1) is 6.54 Å². The zero-order chi connectivity index (χ0) is 30.7. The number of ether oxygens (including phenoxy) is 1. The highest BCUT2D eigenvalue weighted by Gasteiger charge is 2.58. The molecular weight excluding hydrogens is 570 g/mol. The van der Waals surface area contributed by atoms with Crippen LogP contribution in [0, 0.1) is 11.6 Å². The summed E-state index contributed by atoms with van der Waals surface area (Å²) in [6.45, 7) is -0.250. The van der Waals surface area contributed by atoms with Crippen molar-refractivity contribution < 1.29 is 28.2 Å². The molecule has 1 aromatic heterocycles. The first kappa shape index (κ1) is 27.4. The molecule has 2 heterocycles. The van der Waals surface area contributed by atoms with Crippen LogP contribution in [0.3, 0.4) is 0 Å². The molecule has 3 aromatic carbocycles. The standard InChI is InChI=1S/C33H26F2N4O5/c1-37-28(17-36-32(42)43)39(38-14-13-27(40)30(29(38)31(37)41)44-18-19-7-3-2-4-8-19)33-20(15-21-23(33)9-5-11-25(21)34)16-22-24(33)10-6-12-26(22)35/h2-15,28,36H,16-18H2,1H3,(H,42,43). The number of amides is 2. The number of pyridine rings is 1. The average molecular weight is 597 g/mol. The molecule has 0 spiro atoms. The highest BCUT2D eigenvalue weighted by atomic mass is 19.1. The molecule has 7 rings (SSSR count). The third-order valence-corrected chi connectivity index (χ3v) is 8.63. The van der Waals surface area contributed by atoms with Gasteiger partial charge in [0.2, 0.25) is 5.43 Å². The largest absolute Gasteiger partial charge is 0.482 e. The van der Waals surface area contributed by atoms with Crippen LogP contribution < -0.4 is 20.5 Å². The van der Waals surface area contributed by atoms with Gasteiger partial charge in [-0.1, -0.05) is 54.6 Å². The second-order valence-corrected chi connectivity index (χ2v) is 10.9. The summed E-state index contributed by atoms with van der Waals surface area (Å²) in [7, 11) is 1.49. The number of halogens is 2. The molecule has 222 valence electrons. The van der Waals surface area contributed by atoms with E-state index in [2.05, 4.69) is 5.32 Å². The van der Waals surface area contributed by atoms with Gasteiger partial charge in [-0.3, -0.25) is 19.3 Å². The summed E-state index contributed by atoms with van der Waals surface area (Å²) in [4.78, 5) is 40.4. The minimum Gasteiger partial charge on any atom is -0.482 e. The van der Waals surface area contributed by atoms with E-state index in [4.69, 9.17) is 4.74 Å². The maximum absolute atomic E-state index is 15.4. The van der Waals surface area contributed by atoms with Crippen molar-refractivity contribution >= 4 is 18.1 Å². The van der Waals surface area contributed by atoms with Crippen molar-refractivity contribution in [1.29, 1.82) is 0 Å². The number of carbonyl (C=O) groups is 2. The van der Waals surface area contributed by atoms with Crippen LogP contribution in [0.4, 0.5) is 13.6 Å². The van der Waals surface area contributed by atoms with Gasteiger partial charge in [0, 0.05) is 24.9 Å². The molecule has 2 unspecified atom stereocenters. The lowest BCUT2D eigenvalue weighted by Crippen LogP contribution is -2.69. The molecule has 44 heavy (non-hydrogen) atoms. The topological polar surface area (TPSA) is 104 Å². The maximum atomic E-state index is 15.4. The summed E-state index contributed by atoms with van der Waals surface area (Å²) < 4.78 is 38.3. The molecule has 4 aromatic rings. The predicted octanol–water partition coefficient (Wildman–Crippen LogP) is 4.22. The normalized spacial score (nSPS) is 19.6. The molecule has 0 radical (unpaired) electrons. The fourth-order valence-corrected chi connectivity index (χ4v) is 6.76. The third-order valence-electron chi connectivity index (χ3n) is 8.63. The first-order valence-corrected chi connectivity index (χ1v) is 14.0. The lowest BCUT2D eigenvalue weighted by atomic mass is 9.82. The minimum atomic E-state index is -1.37. The number of likely N-dealkylation sites (N-methyl/N-ethyl adjacent to an activating group) is 1. The minimum absolute atomic E-state index is 0.00642. The van der Waals surface area contributed by atoms with Crippen LogP contribution in [0.1, 0.15) is 38.3 Å². The van der Waals surface area contributed by atoms with E-state index in [1.807, 2.05) is 30.3 Å². The molecule has 11 heteroatoms. The number of rotatable bonds is 6. The van der Waals surface area contributed by atoms with Gasteiger partial charge in [-0.25, -0.2) is 13.6 Å². The molecular formula is C33H26F2N4O5. The molecule has 2 N–H and O–H groups in total. The van der Waals surface area contributed by atoms with E-state index in [9.17, 15) is 19.5 Å². The Bertz CT molecular complexity index is 1940. The summed E-state index contributed by atoms with van der Waals surface area (Å²) in [6.07, 6.45) is 0.954. The smallest absolute Gasteiger partial charge is 0.404 e. The number of carboxylic acid groups (broad SMARTS) is 1. The van der Waals surface area contributed by atoms with Crippen molar-refractivity contribution in [2.45, 2.75) is 24.7 Å². The monoisotopic (exact) mass is 596 g/mol. The maximum Gasteiger partial charge on any atom is 0.404 e. The van der Waals surface area contributed by atoms with Crippen molar-refractivity contribution in [2.75, 3.05) is 18.6 Å². The average Bonchev–Trinajstić information content (AvgIpc) is 3.51. The van der Waals surface area contributed by atoms with Crippen LogP contribution in [-0.4, -0.2) is 46.4 Å². The van der Waals surface area contributed by atoms with Gasteiger partial charge in [0.1, 0.15) is 29.9 Å². The first-order valence-electron chi connectivity index (χ1n) is 14.0. The predicted molar refractivity (Wildman–Crippen MR) is 157 cm³/mol. The van der Waals surface area contributed by atoms with E-state index in [0.717, 1.165) is 5.56 Å².